The summed E-state index contributed by atoms with van der Waals surface area (Å²) in [7, 11) is 1.42. The molecule has 0 amide bonds. The van der Waals surface area contributed by atoms with Crippen molar-refractivity contribution in [2.45, 2.75) is 18.4 Å². The Kier molecular flexibility index (Phi) is 3.26. The first-order valence-electron chi connectivity index (χ1n) is 6.73. The first-order valence-corrected chi connectivity index (χ1v) is 6.73. The molecule has 0 saturated heterocycles. The minimum Gasteiger partial charge on any atom is -0.507 e. The Bertz CT molecular complexity index is 848. The van der Waals surface area contributed by atoms with E-state index in [0.29, 0.717) is 5.75 Å². The van der Waals surface area contributed by atoms with Crippen molar-refractivity contribution in [3.8, 4) is 11.5 Å². The van der Waals surface area contributed by atoms with Gasteiger partial charge in [-0.2, -0.15) is 0 Å². The van der Waals surface area contributed by atoms with Gasteiger partial charge in [0.1, 0.15) is 33.8 Å². The standard InChI is InChI=1S/C16H14O6/c1-21-10-6-11(18)15-12(19)8-14(22-13(15)7-10)16(20)4-2-9(17)3-5-16/h2,4,6-8,18,20H,3,5H2,1H3/t16-/m0/s1. The Hall–Kier alpha value is -2.60. The summed E-state index contributed by atoms with van der Waals surface area (Å²) >= 11 is 0. The molecular weight excluding hydrogens is 288 g/mol. The van der Waals surface area contributed by atoms with E-state index in [-0.39, 0.29) is 41.1 Å². The van der Waals surface area contributed by atoms with Crippen molar-refractivity contribution in [1.29, 1.82) is 0 Å². The van der Waals surface area contributed by atoms with E-state index in [1.54, 1.807) is 0 Å². The molecule has 0 spiro atoms. The third kappa shape index (κ3) is 2.27. The van der Waals surface area contributed by atoms with Crippen LogP contribution in [0.3, 0.4) is 0 Å². The van der Waals surface area contributed by atoms with Crippen LogP contribution < -0.4 is 10.2 Å². The van der Waals surface area contributed by atoms with Gasteiger partial charge in [0.15, 0.2) is 11.2 Å². The molecule has 1 atom stereocenters. The number of allylic oxidation sites excluding steroid dienone is 1. The second-order valence-corrected chi connectivity index (χ2v) is 5.22. The SMILES string of the molecule is COc1cc(O)c2c(=O)cc([C@]3(O)C=CC(=O)CC3)oc2c1. The highest BCUT2D eigenvalue weighted by molar-refractivity contribution is 5.91. The number of hydrogen-bond acceptors (Lipinski definition) is 6. The first kappa shape index (κ1) is 14.3. The fraction of sp³-hybridized carbons (Fsp3) is 0.250. The highest BCUT2D eigenvalue weighted by Gasteiger charge is 2.33. The third-order valence-electron chi connectivity index (χ3n) is 3.74. The van der Waals surface area contributed by atoms with E-state index >= 15 is 0 Å². The van der Waals surface area contributed by atoms with Gasteiger partial charge in [0.05, 0.1) is 7.11 Å². The Balaban J connectivity index is 2.23. The van der Waals surface area contributed by atoms with Crippen molar-refractivity contribution < 1.29 is 24.2 Å². The number of aliphatic hydroxyl groups is 1. The second kappa shape index (κ2) is 4.99. The number of benzene rings is 1. The number of methoxy groups -OCH3 is 1. The fourth-order valence-electron chi connectivity index (χ4n) is 2.49. The predicted octanol–water partition coefficient (Wildman–Crippen LogP) is 1.61. The Morgan fingerprint density at radius 3 is 2.68 bits per heavy atom. The van der Waals surface area contributed by atoms with Crippen LogP contribution in [-0.2, 0) is 10.4 Å². The molecule has 1 aliphatic carbocycles. The molecule has 0 radical (unpaired) electrons. The summed E-state index contributed by atoms with van der Waals surface area (Å²) in [4.78, 5) is 23.5. The lowest BCUT2D eigenvalue weighted by molar-refractivity contribution is -0.116. The predicted molar refractivity (Wildman–Crippen MR) is 78.0 cm³/mol. The van der Waals surface area contributed by atoms with E-state index in [1.165, 1.54) is 31.4 Å². The molecule has 6 heteroatoms. The zero-order valence-electron chi connectivity index (χ0n) is 11.8. The van der Waals surface area contributed by atoms with Crippen molar-refractivity contribution in [1.82, 2.24) is 0 Å². The van der Waals surface area contributed by atoms with Crippen LogP contribution in [0.25, 0.3) is 11.0 Å². The molecule has 0 aliphatic heterocycles. The zero-order chi connectivity index (χ0) is 15.9. The van der Waals surface area contributed by atoms with Crippen molar-refractivity contribution in [3.63, 3.8) is 0 Å². The summed E-state index contributed by atoms with van der Waals surface area (Å²) in [6.07, 6.45) is 2.89. The lowest BCUT2D eigenvalue weighted by atomic mass is 9.88. The molecule has 6 nitrogen and oxygen atoms in total. The van der Waals surface area contributed by atoms with E-state index in [0.717, 1.165) is 6.07 Å². The van der Waals surface area contributed by atoms with Crippen LogP contribution in [0.4, 0.5) is 0 Å². The average molecular weight is 302 g/mol. The van der Waals surface area contributed by atoms with Crippen molar-refractivity contribution in [2.24, 2.45) is 0 Å². The van der Waals surface area contributed by atoms with Gasteiger partial charge in [0, 0.05) is 24.6 Å². The number of aromatic hydroxyl groups is 1. The topological polar surface area (TPSA) is 97.0 Å². The molecule has 1 heterocycles. The first-order chi connectivity index (χ1) is 10.4. The van der Waals surface area contributed by atoms with Gasteiger partial charge in [-0.15, -0.1) is 0 Å². The van der Waals surface area contributed by atoms with E-state index in [4.69, 9.17) is 9.15 Å². The number of hydrogen-bond donors (Lipinski definition) is 2. The van der Waals surface area contributed by atoms with Crippen molar-refractivity contribution in [2.75, 3.05) is 7.11 Å². The summed E-state index contributed by atoms with van der Waals surface area (Å²) in [6.45, 7) is 0. The second-order valence-electron chi connectivity index (χ2n) is 5.22. The van der Waals surface area contributed by atoms with Gasteiger partial charge >= 0.3 is 0 Å². The molecule has 0 saturated carbocycles. The smallest absolute Gasteiger partial charge is 0.196 e. The lowest BCUT2D eigenvalue weighted by Gasteiger charge is -2.25. The quantitative estimate of drug-likeness (QED) is 0.875. The summed E-state index contributed by atoms with van der Waals surface area (Å²) in [5.74, 6) is 0.0104. The van der Waals surface area contributed by atoms with Gasteiger partial charge in [-0.3, -0.25) is 9.59 Å². The van der Waals surface area contributed by atoms with Crippen LogP contribution in [0.1, 0.15) is 18.6 Å². The van der Waals surface area contributed by atoms with Gasteiger partial charge in [-0.25, -0.2) is 0 Å². The maximum absolute atomic E-state index is 12.2. The van der Waals surface area contributed by atoms with Crippen LogP contribution >= 0.6 is 0 Å². The van der Waals surface area contributed by atoms with E-state index in [1.807, 2.05) is 0 Å². The van der Waals surface area contributed by atoms with Crippen LogP contribution in [-0.4, -0.2) is 23.1 Å². The van der Waals surface area contributed by atoms with Crippen LogP contribution in [0.5, 0.6) is 11.5 Å². The number of rotatable bonds is 2. The zero-order valence-corrected chi connectivity index (χ0v) is 11.8. The number of carbonyl (C=O) groups excluding carboxylic acids is 1. The van der Waals surface area contributed by atoms with Crippen LogP contribution in [0, 0.1) is 0 Å². The number of ketones is 1. The molecule has 0 bridgehead atoms. The normalized spacial score (nSPS) is 21.3. The van der Waals surface area contributed by atoms with Gasteiger partial charge < -0.3 is 19.4 Å². The number of fused-ring (bicyclic) bond motifs is 1. The van der Waals surface area contributed by atoms with E-state index in [9.17, 15) is 19.8 Å². The molecule has 1 aromatic carbocycles. The molecular formula is C16H14O6. The highest BCUT2D eigenvalue weighted by atomic mass is 16.5. The molecule has 114 valence electrons. The maximum Gasteiger partial charge on any atom is 0.196 e. The van der Waals surface area contributed by atoms with Gasteiger partial charge in [0.2, 0.25) is 0 Å². The molecule has 1 aliphatic rings. The Morgan fingerprint density at radius 1 is 1.27 bits per heavy atom. The number of carbonyl (C=O) groups is 1. The van der Waals surface area contributed by atoms with Gasteiger partial charge in [-0.05, 0) is 18.6 Å². The van der Waals surface area contributed by atoms with Crippen molar-refractivity contribution >= 4 is 16.8 Å². The number of ether oxygens (including phenoxy) is 1. The Labute approximate surface area is 125 Å². The van der Waals surface area contributed by atoms with Gasteiger partial charge in [-0.1, -0.05) is 0 Å². The van der Waals surface area contributed by atoms with E-state index < -0.39 is 11.0 Å². The minimum atomic E-state index is -1.51. The summed E-state index contributed by atoms with van der Waals surface area (Å²) in [5.41, 5.74) is -1.88. The Morgan fingerprint density at radius 2 is 2.05 bits per heavy atom. The number of phenols is 1. The lowest BCUT2D eigenvalue weighted by Crippen LogP contribution is -2.28. The maximum atomic E-state index is 12.2. The monoisotopic (exact) mass is 302 g/mol. The van der Waals surface area contributed by atoms with Gasteiger partial charge in [0.25, 0.3) is 0 Å². The van der Waals surface area contributed by atoms with Crippen LogP contribution in [0.2, 0.25) is 0 Å². The molecule has 22 heavy (non-hydrogen) atoms. The summed E-state index contributed by atoms with van der Waals surface area (Å²) in [6, 6.07) is 3.91. The molecule has 3 rings (SSSR count). The highest BCUT2D eigenvalue weighted by Crippen LogP contribution is 2.34. The molecule has 2 aromatic rings. The largest absolute Gasteiger partial charge is 0.507 e. The molecule has 1 aromatic heterocycles. The average Bonchev–Trinajstić information content (AvgIpc) is 2.49. The summed E-state index contributed by atoms with van der Waals surface area (Å²) < 4.78 is 10.6. The molecule has 0 unspecified atom stereocenters. The van der Waals surface area contributed by atoms with Crippen molar-refractivity contribution in [3.05, 3.63) is 46.3 Å². The third-order valence-corrected chi connectivity index (χ3v) is 3.74. The van der Waals surface area contributed by atoms with Crippen LogP contribution in [0.15, 0.2) is 39.6 Å². The summed E-state index contributed by atoms with van der Waals surface area (Å²) in [5, 5.41) is 20.5. The van der Waals surface area contributed by atoms with E-state index in [2.05, 4.69) is 0 Å². The molecule has 2 N–H and O–H groups in total. The minimum absolute atomic E-state index is 0.0176. The molecule has 0 fully saturated rings. The number of phenolic OH excluding ortho intramolecular Hbond substituents is 1. The fourth-order valence-corrected chi connectivity index (χ4v) is 2.49.